The van der Waals surface area contributed by atoms with E-state index >= 15 is 0 Å². The van der Waals surface area contributed by atoms with E-state index in [0.29, 0.717) is 27.0 Å². The molecule has 7 heteroatoms. The van der Waals surface area contributed by atoms with E-state index in [2.05, 4.69) is 51.2 Å². The van der Waals surface area contributed by atoms with Gasteiger partial charge in [0.25, 0.3) is 5.91 Å². The van der Waals surface area contributed by atoms with E-state index in [1.165, 1.54) is 33.1 Å². The lowest BCUT2D eigenvalue weighted by Gasteiger charge is -2.33. The number of nitrogen functional groups attached to an aromatic ring is 1. The van der Waals surface area contributed by atoms with Gasteiger partial charge in [-0.3, -0.25) is 4.79 Å². The van der Waals surface area contributed by atoms with Crippen molar-refractivity contribution in [1.29, 1.82) is 5.26 Å². The van der Waals surface area contributed by atoms with E-state index in [-0.39, 0.29) is 11.3 Å². The fourth-order valence-corrected chi connectivity index (χ4v) is 7.00. The number of anilines is 2. The average Bonchev–Trinajstić information content (AvgIpc) is 3.34. The monoisotopic (exact) mass is 500 g/mol. The van der Waals surface area contributed by atoms with Gasteiger partial charge in [0, 0.05) is 15.8 Å². The molecule has 0 spiro atoms. The maximum atomic E-state index is 13.3. The van der Waals surface area contributed by atoms with Crippen LogP contribution in [0.3, 0.4) is 0 Å². The number of carbonyl (C=O) groups excluding carboxylic acids is 1. The molecule has 0 radical (unpaired) electrons. The smallest absolute Gasteiger partial charge is 0.268 e. The van der Waals surface area contributed by atoms with Gasteiger partial charge in [0.1, 0.15) is 20.8 Å². The summed E-state index contributed by atoms with van der Waals surface area (Å²) in [6.07, 6.45) is 2.89. The largest absolute Gasteiger partial charge is 0.397 e. The summed E-state index contributed by atoms with van der Waals surface area (Å²) in [5.74, 6) is 0.278. The summed E-state index contributed by atoms with van der Waals surface area (Å²) in [4.78, 5) is 20.4. The SMILES string of the molecule is Cc1ccc(-c2ccc3c(N)c(C(=O)Nc4sc5c(c4C#N)CCC(C(C)(C)C)C5)sc3n2)cc1. The van der Waals surface area contributed by atoms with Crippen molar-refractivity contribution in [2.24, 2.45) is 11.3 Å². The van der Waals surface area contributed by atoms with Crippen LogP contribution in [0.1, 0.15) is 58.4 Å². The van der Waals surface area contributed by atoms with Crippen molar-refractivity contribution in [3.63, 3.8) is 0 Å². The van der Waals surface area contributed by atoms with Crippen LogP contribution >= 0.6 is 22.7 Å². The second-order valence-corrected chi connectivity index (χ2v) is 12.4. The van der Waals surface area contributed by atoms with Crippen LogP contribution in [0, 0.1) is 29.6 Å². The van der Waals surface area contributed by atoms with Gasteiger partial charge in [-0.2, -0.15) is 5.26 Å². The van der Waals surface area contributed by atoms with Crippen LogP contribution < -0.4 is 11.1 Å². The van der Waals surface area contributed by atoms with Crippen molar-refractivity contribution >= 4 is 49.5 Å². The maximum Gasteiger partial charge on any atom is 0.268 e. The molecule has 0 fully saturated rings. The topological polar surface area (TPSA) is 91.8 Å². The van der Waals surface area contributed by atoms with Crippen LogP contribution in [0.4, 0.5) is 10.7 Å². The molecule has 1 amide bonds. The number of nitrogens with two attached hydrogens (primary N) is 1. The second kappa shape index (κ2) is 8.78. The van der Waals surface area contributed by atoms with Crippen LogP contribution in [0.2, 0.25) is 0 Å². The zero-order valence-corrected chi connectivity index (χ0v) is 22.0. The number of nitriles is 1. The van der Waals surface area contributed by atoms with Gasteiger partial charge in [0.15, 0.2) is 0 Å². The van der Waals surface area contributed by atoms with Crippen molar-refractivity contribution < 1.29 is 4.79 Å². The molecule has 0 saturated carbocycles. The lowest BCUT2D eigenvalue weighted by Crippen LogP contribution is -2.26. The van der Waals surface area contributed by atoms with Crippen molar-refractivity contribution in [3.8, 4) is 17.3 Å². The molecule has 178 valence electrons. The number of carbonyl (C=O) groups is 1. The first-order valence-corrected chi connectivity index (χ1v) is 13.4. The maximum absolute atomic E-state index is 13.3. The minimum atomic E-state index is -0.287. The number of benzene rings is 1. The molecule has 0 aliphatic heterocycles. The zero-order chi connectivity index (χ0) is 24.9. The molecular formula is C28H28N4OS2. The van der Waals surface area contributed by atoms with Crippen molar-refractivity contribution in [3.05, 3.63) is 62.8 Å². The lowest BCUT2D eigenvalue weighted by atomic mass is 9.72. The minimum Gasteiger partial charge on any atom is -0.397 e. The van der Waals surface area contributed by atoms with Gasteiger partial charge in [-0.1, -0.05) is 50.6 Å². The first-order valence-electron chi connectivity index (χ1n) is 11.8. The summed E-state index contributed by atoms with van der Waals surface area (Å²) in [5, 5.41) is 14.3. The highest BCUT2D eigenvalue weighted by Crippen LogP contribution is 2.44. The minimum absolute atomic E-state index is 0.216. The fourth-order valence-electron chi connectivity index (χ4n) is 4.74. The van der Waals surface area contributed by atoms with Gasteiger partial charge < -0.3 is 11.1 Å². The zero-order valence-electron chi connectivity index (χ0n) is 20.4. The summed E-state index contributed by atoms with van der Waals surface area (Å²) in [6, 6.07) is 14.4. The third-order valence-electron chi connectivity index (χ3n) is 6.98. The predicted molar refractivity (Wildman–Crippen MR) is 146 cm³/mol. The Balaban J connectivity index is 1.44. The molecule has 1 aromatic carbocycles. The highest BCUT2D eigenvalue weighted by atomic mass is 32.1. The van der Waals surface area contributed by atoms with Crippen LogP contribution in [0.5, 0.6) is 0 Å². The predicted octanol–water partition coefficient (Wildman–Crippen LogP) is 7.19. The first kappa shape index (κ1) is 23.5. The Morgan fingerprint density at radius 2 is 1.91 bits per heavy atom. The highest BCUT2D eigenvalue weighted by Gasteiger charge is 2.32. The number of amides is 1. The van der Waals surface area contributed by atoms with E-state index in [0.717, 1.165) is 46.3 Å². The molecule has 1 atom stereocenters. The quantitative estimate of drug-likeness (QED) is 0.311. The number of aromatic nitrogens is 1. The molecule has 35 heavy (non-hydrogen) atoms. The van der Waals surface area contributed by atoms with Crippen LogP contribution in [-0.4, -0.2) is 10.9 Å². The number of rotatable bonds is 3. The summed E-state index contributed by atoms with van der Waals surface area (Å²) < 4.78 is 0. The van der Waals surface area contributed by atoms with Crippen LogP contribution in [0.25, 0.3) is 21.5 Å². The number of aryl methyl sites for hydroxylation is 1. The summed E-state index contributed by atoms with van der Waals surface area (Å²) >= 11 is 2.83. The van der Waals surface area contributed by atoms with Crippen LogP contribution in [-0.2, 0) is 12.8 Å². The summed E-state index contributed by atoms with van der Waals surface area (Å²) in [6.45, 7) is 8.86. The Labute approximate surface area is 213 Å². The van der Waals surface area contributed by atoms with Crippen molar-refractivity contribution in [1.82, 2.24) is 4.98 Å². The third-order valence-corrected chi connectivity index (χ3v) is 9.26. The Kier molecular flexibility index (Phi) is 5.90. The number of pyridine rings is 1. The standard InChI is InChI=1S/C28H28N4OS2/c1-15-5-7-16(8-6-15)21-12-11-19-23(30)24(35-26(19)31-21)25(33)32-27-20(14-29)18-10-9-17(28(2,3)4)13-22(18)34-27/h5-8,11-12,17H,9-10,13,30H2,1-4H3,(H,32,33). The molecule has 1 unspecified atom stereocenters. The Morgan fingerprint density at radius 1 is 1.17 bits per heavy atom. The van der Waals surface area contributed by atoms with Gasteiger partial charge in [0.2, 0.25) is 0 Å². The summed E-state index contributed by atoms with van der Waals surface area (Å²) in [5.41, 5.74) is 11.8. The number of nitrogens with one attached hydrogen (secondary N) is 1. The average molecular weight is 501 g/mol. The molecule has 4 aromatic rings. The molecule has 1 aliphatic rings. The second-order valence-electron chi connectivity index (χ2n) is 10.3. The molecule has 3 aromatic heterocycles. The normalized spacial score (nSPS) is 15.6. The highest BCUT2D eigenvalue weighted by molar-refractivity contribution is 7.21. The number of hydrogen-bond acceptors (Lipinski definition) is 6. The van der Waals surface area contributed by atoms with E-state index in [1.807, 2.05) is 24.3 Å². The number of thiophene rings is 2. The van der Waals surface area contributed by atoms with Crippen molar-refractivity contribution in [2.45, 2.75) is 47.0 Å². The molecule has 5 rings (SSSR count). The van der Waals surface area contributed by atoms with Gasteiger partial charge in [-0.05, 0) is 55.2 Å². The molecule has 3 heterocycles. The van der Waals surface area contributed by atoms with E-state index in [9.17, 15) is 10.1 Å². The fraction of sp³-hybridized carbons (Fsp3) is 0.321. The van der Waals surface area contributed by atoms with Crippen molar-refractivity contribution in [2.75, 3.05) is 11.1 Å². The van der Waals surface area contributed by atoms with E-state index in [1.54, 1.807) is 0 Å². The van der Waals surface area contributed by atoms with E-state index < -0.39 is 0 Å². The first-order chi connectivity index (χ1) is 16.7. The third kappa shape index (κ3) is 4.33. The van der Waals surface area contributed by atoms with E-state index in [4.69, 9.17) is 10.7 Å². The number of nitrogens with zero attached hydrogens (tertiary/aromatic N) is 2. The van der Waals surface area contributed by atoms with Gasteiger partial charge >= 0.3 is 0 Å². The van der Waals surface area contributed by atoms with Gasteiger partial charge in [-0.15, -0.1) is 22.7 Å². The molecular weight excluding hydrogens is 472 g/mol. The molecule has 3 N–H and O–H groups in total. The molecule has 0 saturated heterocycles. The van der Waals surface area contributed by atoms with Gasteiger partial charge in [0.05, 0.1) is 16.9 Å². The Morgan fingerprint density at radius 3 is 2.60 bits per heavy atom. The molecule has 0 bridgehead atoms. The Hall–Kier alpha value is -3.21. The molecule has 5 nitrogen and oxygen atoms in total. The van der Waals surface area contributed by atoms with Gasteiger partial charge in [-0.25, -0.2) is 4.98 Å². The van der Waals surface area contributed by atoms with Crippen LogP contribution in [0.15, 0.2) is 36.4 Å². The molecule has 1 aliphatic carbocycles. The lowest BCUT2D eigenvalue weighted by molar-refractivity contribution is 0.103. The number of hydrogen-bond donors (Lipinski definition) is 2. The Bertz CT molecular complexity index is 1480. The summed E-state index contributed by atoms with van der Waals surface area (Å²) in [7, 11) is 0. The number of fused-ring (bicyclic) bond motifs is 2.